The Morgan fingerprint density at radius 1 is 1.77 bits per heavy atom. The van der Waals surface area contributed by atoms with Crippen molar-refractivity contribution in [3.8, 4) is 6.07 Å². The largest absolute Gasteiger partial charge is 0.292 e. The Balaban J connectivity index is 2.92. The van der Waals surface area contributed by atoms with Gasteiger partial charge in [0.2, 0.25) is 0 Å². The monoisotopic (exact) mass is 193 g/mol. The van der Waals surface area contributed by atoms with Crippen LogP contribution in [0, 0.1) is 24.2 Å². The molecule has 68 valence electrons. The molecule has 0 aliphatic rings. The van der Waals surface area contributed by atoms with Gasteiger partial charge in [-0.1, -0.05) is 6.92 Å². The highest BCUT2D eigenvalue weighted by atomic mass is 32.1. The normalized spacial score (nSPS) is 12.1. The number of hydrogen-bond donors (Lipinski definition) is 0. The van der Waals surface area contributed by atoms with Crippen LogP contribution in [0.2, 0.25) is 0 Å². The first kappa shape index (κ1) is 9.94. The van der Waals surface area contributed by atoms with Crippen molar-refractivity contribution in [2.45, 2.75) is 20.3 Å². The predicted molar refractivity (Wildman–Crippen MR) is 52.8 cm³/mol. The van der Waals surface area contributed by atoms with Crippen molar-refractivity contribution in [1.29, 1.82) is 5.26 Å². The summed E-state index contributed by atoms with van der Waals surface area (Å²) in [5.74, 6) is -0.505. The smallest absolute Gasteiger partial charge is 0.190 e. The summed E-state index contributed by atoms with van der Waals surface area (Å²) in [6.07, 6.45) is 0.590. The lowest BCUT2D eigenvalue weighted by molar-refractivity contribution is 0.0950. The van der Waals surface area contributed by atoms with Gasteiger partial charge in [0.15, 0.2) is 5.78 Å². The lowest BCUT2D eigenvalue weighted by Crippen LogP contribution is -2.11. The summed E-state index contributed by atoms with van der Waals surface area (Å²) < 4.78 is 0. The molecule has 13 heavy (non-hydrogen) atoms. The third-order valence-electron chi connectivity index (χ3n) is 1.97. The number of hydrogen-bond acceptors (Lipinski definition) is 3. The first-order valence-electron chi connectivity index (χ1n) is 4.18. The van der Waals surface area contributed by atoms with Gasteiger partial charge in [0, 0.05) is 0 Å². The van der Waals surface area contributed by atoms with Crippen LogP contribution in [0.15, 0.2) is 11.4 Å². The molecule has 0 fully saturated rings. The molecule has 0 radical (unpaired) electrons. The lowest BCUT2D eigenvalue weighted by atomic mass is 10.0. The fraction of sp³-hybridized carbons (Fsp3) is 0.400. The summed E-state index contributed by atoms with van der Waals surface area (Å²) in [7, 11) is 0. The maximum Gasteiger partial charge on any atom is 0.190 e. The molecular weight excluding hydrogens is 182 g/mol. The first-order chi connectivity index (χ1) is 6.20. The number of ketones is 1. The minimum Gasteiger partial charge on any atom is -0.292 e. The Hall–Kier alpha value is -1.14. The molecule has 1 atom stereocenters. The van der Waals surface area contributed by atoms with Gasteiger partial charge in [-0.3, -0.25) is 4.79 Å². The molecule has 0 spiro atoms. The van der Waals surface area contributed by atoms with E-state index in [0.717, 1.165) is 10.4 Å². The summed E-state index contributed by atoms with van der Waals surface area (Å²) in [5, 5.41) is 10.6. The minimum absolute atomic E-state index is 0.0301. The number of thiophene rings is 1. The summed E-state index contributed by atoms with van der Waals surface area (Å²) in [4.78, 5) is 12.4. The van der Waals surface area contributed by atoms with Crippen LogP contribution in [-0.4, -0.2) is 5.78 Å². The number of nitrogens with zero attached hydrogens (tertiary/aromatic N) is 1. The zero-order valence-corrected chi connectivity index (χ0v) is 8.52. The van der Waals surface area contributed by atoms with E-state index in [1.165, 1.54) is 11.3 Å². The molecule has 0 saturated heterocycles. The van der Waals surface area contributed by atoms with E-state index in [-0.39, 0.29) is 5.78 Å². The topological polar surface area (TPSA) is 40.9 Å². The molecule has 0 saturated carbocycles. The summed E-state index contributed by atoms with van der Waals surface area (Å²) in [6, 6.07) is 3.93. The molecule has 0 aromatic carbocycles. The molecular formula is C10H11NOS. The van der Waals surface area contributed by atoms with Crippen LogP contribution < -0.4 is 0 Å². The number of carbonyl (C=O) groups excluding carboxylic acids is 1. The molecule has 0 N–H and O–H groups in total. The number of aryl methyl sites for hydroxylation is 1. The van der Waals surface area contributed by atoms with Gasteiger partial charge in [-0.2, -0.15) is 5.26 Å². The van der Waals surface area contributed by atoms with Gasteiger partial charge in [0.1, 0.15) is 5.92 Å². The number of rotatable bonds is 3. The summed E-state index contributed by atoms with van der Waals surface area (Å²) in [5.41, 5.74) is 0.976. The van der Waals surface area contributed by atoms with Gasteiger partial charge in [0.05, 0.1) is 10.9 Å². The van der Waals surface area contributed by atoms with Crippen molar-refractivity contribution < 1.29 is 4.79 Å². The van der Waals surface area contributed by atoms with E-state index in [1.807, 2.05) is 31.4 Å². The van der Waals surface area contributed by atoms with Crippen LogP contribution in [-0.2, 0) is 0 Å². The van der Waals surface area contributed by atoms with E-state index < -0.39 is 5.92 Å². The van der Waals surface area contributed by atoms with E-state index >= 15 is 0 Å². The van der Waals surface area contributed by atoms with Gasteiger partial charge >= 0.3 is 0 Å². The number of Topliss-reactive ketones (excluding diaryl/α,β-unsaturated/α-hetero) is 1. The van der Waals surface area contributed by atoms with Crippen LogP contribution in [0.1, 0.15) is 28.6 Å². The Morgan fingerprint density at radius 3 is 2.85 bits per heavy atom. The number of nitriles is 1. The van der Waals surface area contributed by atoms with E-state index in [0.29, 0.717) is 6.42 Å². The van der Waals surface area contributed by atoms with Crippen molar-refractivity contribution in [3.63, 3.8) is 0 Å². The molecule has 0 aliphatic heterocycles. The van der Waals surface area contributed by atoms with Crippen LogP contribution in [0.25, 0.3) is 0 Å². The number of carbonyl (C=O) groups is 1. The van der Waals surface area contributed by atoms with E-state index in [4.69, 9.17) is 5.26 Å². The van der Waals surface area contributed by atoms with Crippen LogP contribution >= 0.6 is 11.3 Å². The summed E-state index contributed by atoms with van der Waals surface area (Å²) >= 11 is 1.42. The average Bonchev–Trinajstić information content (AvgIpc) is 2.53. The maximum absolute atomic E-state index is 11.7. The second-order valence-electron chi connectivity index (χ2n) is 2.89. The molecule has 1 unspecified atom stereocenters. The van der Waals surface area contributed by atoms with Gasteiger partial charge < -0.3 is 0 Å². The second-order valence-corrected chi connectivity index (χ2v) is 3.80. The Kier molecular flexibility index (Phi) is 3.21. The molecule has 1 aromatic rings. The van der Waals surface area contributed by atoms with Crippen molar-refractivity contribution in [1.82, 2.24) is 0 Å². The van der Waals surface area contributed by atoms with Gasteiger partial charge in [-0.25, -0.2) is 0 Å². The fourth-order valence-corrected chi connectivity index (χ4v) is 2.04. The van der Waals surface area contributed by atoms with Crippen molar-refractivity contribution in [2.75, 3.05) is 0 Å². The van der Waals surface area contributed by atoms with Crippen LogP contribution in [0.3, 0.4) is 0 Å². The lowest BCUT2D eigenvalue weighted by Gasteiger charge is -2.02. The van der Waals surface area contributed by atoms with Crippen molar-refractivity contribution in [3.05, 3.63) is 21.9 Å². The highest BCUT2D eigenvalue weighted by Gasteiger charge is 2.19. The van der Waals surface area contributed by atoms with Crippen LogP contribution in [0.4, 0.5) is 0 Å². The predicted octanol–water partition coefficient (Wildman–Crippen LogP) is 2.79. The summed E-state index contributed by atoms with van der Waals surface area (Å²) in [6.45, 7) is 3.75. The first-order valence-corrected chi connectivity index (χ1v) is 5.06. The van der Waals surface area contributed by atoms with Crippen LogP contribution in [0.5, 0.6) is 0 Å². The molecule has 0 amide bonds. The zero-order chi connectivity index (χ0) is 9.84. The molecule has 0 bridgehead atoms. The molecule has 1 heterocycles. The Morgan fingerprint density at radius 2 is 2.46 bits per heavy atom. The Bertz CT molecular complexity index is 348. The fourth-order valence-electron chi connectivity index (χ4n) is 1.12. The average molecular weight is 193 g/mol. The highest BCUT2D eigenvalue weighted by Crippen LogP contribution is 2.20. The third-order valence-corrected chi connectivity index (χ3v) is 3.00. The molecule has 0 aliphatic carbocycles. The Labute approximate surface area is 81.8 Å². The molecule has 3 heteroatoms. The minimum atomic E-state index is -0.475. The second kappa shape index (κ2) is 4.20. The zero-order valence-electron chi connectivity index (χ0n) is 7.70. The van der Waals surface area contributed by atoms with Crippen molar-refractivity contribution in [2.24, 2.45) is 5.92 Å². The molecule has 2 nitrogen and oxygen atoms in total. The standard InChI is InChI=1S/C10H11NOS/c1-3-8(6-11)9(12)10-7(2)4-5-13-10/h4-5,8H,3H2,1-2H3. The van der Waals surface area contributed by atoms with Crippen molar-refractivity contribution >= 4 is 17.1 Å². The molecule has 1 rings (SSSR count). The van der Waals surface area contributed by atoms with E-state index in [1.54, 1.807) is 0 Å². The third kappa shape index (κ3) is 1.96. The SMILES string of the molecule is CCC(C#N)C(=O)c1sccc1C. The quantitative estimate of drug-likeness (QED) is 0.692. The van der Waals surface area contributed by atoms with E-state index in [9.17, 15) is 4.79 Å². The van der Waals surface area contributed by atoms with Gasteiger partial charge in [-0.15, -0.1) is 11.3 Å². The maximum atomic E-state index is 11.7. The van der Waals surface area contributed by atoms with Gasteiger partial charge in [-0.05, 0) is 30.4 Å². The molecule has 1 aromatic heterocycles. The van der Waals surface area contributed by atoms with E-state index in [2.05, 4.69) is 0 Å². The van der Waals surface area contributed by atoms with Gasteiger partial charge in [0.25, 0.3) is 0 Å². The highest BCUT2D eigenvalue weighted by molar-refractivity contribution is 7.12.